The molecule has 0 amide bonds. The highest BCUT2D eigenvalue weighted by Gasteiger charge is 2.16. The van der Waals surface area contributed by atoms with Gasteiger partial charge in [-0.3, -0.25) is 20.1 Å². The number of anilines is 1. The van der Waals surface area contributed by atoms with Crippen LogP contribution >= 0.6 is 0 Å². The summed E-state index contributed by atoms with van der Waals surface area (Å²) in [4.78, 5) is 19.0. The van der Waals surface area contributed by atoms with Gasteiger partial charge in [0.1, 0.15) is 5.69 Å². The first-order valence-corrected chi connectivity index (χ1v) is 10.5. The van der Waals surface area contributed by atoms with E-state index in [1.54, 1.807) is 0 Å². The summed E-state index contributed by atoms with van der Waals surface area (Å²) in [5.41, 5.74) is 8.88. The van der Waals surface area contributed by atoms with E-state index in [2.05, 4.69) is 66.6 Å². The third-order valence-corrected chi connectivity index (χ3v) is 5.87. The number of H-pyrrole nitrogens is 2. The van der Waals surface area contributed by atoms with E-state index < -0.39 is 0 Å². The third-order valence-electron chi connectivity index (χ3n) is 5.87. The molecule has 0 aromatic carbocycles. The maximum atomic E-state index is 4.63. The van der Waals surface area contributed by atoms with Gasteiger partial charge in [0.15, 0.2) is 0 Å². The number of nitrogens with one attached hydrogen (secondary N) is 2. The number of rotatable bonds is 4. The average molecular weight is 419 g/mol. The number of nitrogens with zero attached hydrogens (tertiary/aromatic N) is 5. The van der Waals surface area contributed by atoms with Crippen molar-refractivity contribution in [2.24, 2.45) is 0 Å². The summed E-state index contributed by atoms with van der Waals surface area (Å²) in [6.45, 7) is 0. The monoisotopic (exact) mass is 419 g/mol. The average Bonchev–Trinajstić information content (AvgIpc) is 3.57. The fraction of sp³-hybridized carbons (Fsp3) is 0.120. The van der Waals surface area contributed by atoms with Crippen LogP contribution in [0.3, 0.4) is 0 Å². The molecule has 5 heterocycles. The lowest BCUT2D eigenvalue weighted by molar-refractivity contribution is 1.11. The number of hydrogen-bond donors (Lipinski definition) is 2. The molecule has 32 heavy (non-hydrogen) atoms. The van der Waals surface area contributed by atoms with Gasteiger partial charge in [-0.05, 0) is 30.2 Å². The van der Waals surface area contributed by atoms with Crippen LogP contribution in [0.1, 0.15) is 12.0 Å². The van der Waals surface area contributed by atoms with Crippen LogP contribution in [0.5, 0.6) is 0 Å². The Labute approximate surface area is 184 Å². The number of aromatic nitrogens is 6. The zero-order valence-corrected chi connectivity index (χ0v) is 17.8. The van der Waals surface area contributed by atoms with Crippen molar-refractivity contribution in [1.29, 1.82) is 0 Å². The van der Waals surface area contributed by atoms with E-state index in [-0.39, 0.29) is 0 Å². The zero-order chi connectivity index (χ0) is 21.7. The van der Waals surface area contributed by atoms with Crippen molar-refractivity contribution in [3.63, 3.8) is 0 Å². The number of hydrogen-bond acceptors (Lipinski definition) is 5. The molecule has 0 radical (unpaired) electrons. The molecule has 5 aromatic heterocycles. The predicted molar refractivity (Wildman–Crippen MR) is 128 cm³/mol. The summed E-state index contributed by atoms with van der Waals surface area (Å²) < 4.78 is 0. The third kappa shape index (κ3) is 2.98. The van der Waals surface area contributed by atoms with E-state index >= 15 is 0 Å². The van der Waals surface area contributed by atoms with Crippen molar-refractivity contribution in [3.8, 4) is 22.6 Å². The Morgan fingerprint density at radius 3 is 2.66 bits per heavy atom. The van der Waals surface area contributed by atoms with Gasteiger partial charge in [-0.1, -0.05) is 18.2 Å². The van der Waals surface area contributed by atoms with Crippen LogP contribution in [0.25, 0.3) is 50.0 Å². The summed E-state index contributed by atoms with van der Waals surface area (Å²) in [6.07, 6.45) is 16.8. The summed E-state index contributed by atoms with van der Waals surface area (Å²) in [7, 11) is 4.00. The Hall–Kier alpha value is -4.26. The highest BCUT2D eigenvalue weighted by atomic mass is 15.1. The smallest absolute Gasteiger partial charge is 0.116 e. The van der Waals surface area contributed by atoms with Gasteiger partial charge in [0.2, 0.25) is 0 Å². The van der Waals surface area contributed by atoms with Gasteiger partial charge in [0, 0.05) is 48.4 Å². The molecule has 0 unspecified atom stereocenters. The Morgan fingerprint density at radius 2 is 1.81 bits per heavy atom. The van der Waals surface area contributed by atoms with Crippen molar-refractivity contribution < 1.29 is 0 Å². The minimum atomic E-state index is 0.857. The lowest BCUT2D eigenvalue weighted by Gasteiger charge is -2.12. The van der Waals surface area contributed by atoms with Gasteiger partial charge in [-0.25, -0.2) is 0 Å². The second kappa shape index (κ2) is 7.16. The van der Waals surface area contributed by atoms with E-state index in [0.717, 1.165) is 62.1 Å². The molecule has 2 N–H and O–H groups in total. The minimum absolute atomic E-state index is 0.857. The van der Waals surface area contributed by atoms with Crippen LogP contribution < -0.4 is 4.90 Å². The molecular weight excluding hydrogens is 398 g/mol. The van der Waals surface area contributed by atoms with E-state index in [1.807, 2.05) is 50.0 Å². The first-order valence-electron chi connectivity index (χ1n) is 10.5. The summed E-state index contributed by atoms with van der Waals surface area (Å²) in [6, 6.07) is 6.31. The normalized spacial score (nSPS) is 13.2. The SMILES string of the molecule is CN(C)c1cncc(-c2cc3c(-c4cc5c(C6=CCC=C6)cncc5[nH]4)n[nH]c3cn2)c1. The van der Waals surface area contributed by atoms with Crippen molar-refractivity contribution in [3.05, 3.63) is 73.0 Å². The molecule has 6 rings (SSSR count). The second-order valence-corrected chi connectivity index (χ2v) is 8.14. The van der Waals surface area contributed by atoms with E-state index in [0.29, 0.717) is 0 Å². The van der Waals surface area contributed by atoms with Crippen LogP contribution in [-0.2, 0) is 0 Å². The van der Waals surface area contributed by atoms with Gasteiger partial charge in [0.05, 0.1) is 46.7 Å². The molecule has 1 aliphatic rings. The topological polar surface area (TPSA) is 86.4 Å². The van der Waals surface area contributed by atoms with Crippen LogP contribution in [0, 0.1) is 0 Å². The zero-order valence-electron chi connectivity index (χ0n) is 17.8. The van der Waals surface area contributed by atoms with Gasteiger partial charge in [0.25, 0.3) is 0 Å². The van der Waals surface area contributed by atoms with E-state index in [4.69, 9.17) is 0 Å². The molecule has 0 atom stereocenters. The number of aromatic amines is 2. The summed E-state index contributed by atoms with van der Waals surface area (Å²) in [5.74, 6) is 0. The minimum Gasteiger partial charge on any atom is -0.376 e. The van der Waals surface area contributed by atoms with Gasteiger partial charge < -0.3 is 9.88 Å². The van der Waals surface area contributed by atoms with E-state index in [9.17, 15) is 0 Å². The largest absolute Gasteiger partial charge is 0.376 e. The molecule has 0 saturated heterocycles. The Bertz CT molecular complexity index is 1530. The predicted octanol–water partition coefficient (Wildman–Crippen LogP) is 4.97. The van der Waals surface area contributed by atoms with Crippen LogP contribution in [-0.4, -0.2) is 44.2 Å². The first-order chi connectivity index (χ1) is 15.7. The maximum absolute atomic E-state index is 4.63. The molecule has 5 aromatic rings. The standard InChI is InChI=1S/C25H21N7/c1-32(2)17-7-16(10-26-11-17)21-9-19-24(14-28-21)30-31-25(19)22-8-18-20(15-5-3-4-6-15)12-27-13-23(18)29-22/h3,5-14,29H,4H2,1-2H3,(H,30,31). The lowest BCUT2D eigenvalue weighted by atomic mass is 10.0. The molecule has 0 fully saturated rings. The number of fused-ring (bicyclic) bond motifs is 2. The fourth-order valence-electron chi connectivity index (χ4n) is 4.16. The van der Waals surface area contributed by atoms with Gasteiger partial charge in [-0.15, -0.1) is 0 Å². The highest BCUT2D eigenvalue weighted by Crippen LogP contribution is 2.34. The molecule has 1 aliphatic carbocycles. The van der Waals surface area contributed by atoms with Gasteiger partial charge >= 0.3 is 0 Å². The van der Waals surface area contributed by atoms with Crippen molar-refractivity contribution >= 4 is 33.1 Å². The summed E-state index contributed by atoms with van der Waals surface area (Å²) >= 11 is 0. The number of allylic oxidation sites excluding steroid dienone is 4. The molecule has 0 bridgehead atoms. The van der Waals surface area contributed by atoms with Crippen LogP contribution in [0.2, 0.25) is 0 Å². The van der Waals surface area contributed by atoms with Crippen molar-refractivity contribution in [1.82, 2.24) is 30.1 Å². The maximum Gasteiger partial charge on any atom is 0.116 e. The highest BCUT2D eigenvalue weighted by molar-refractivity contribution is 6.00. The summed E-state index contributed by atoms with van der Waals surface area (Å²) in [5, 5.41) is 9.86. The molecule has 156 valence electrons. The fourth-order valence-corrected chi connectivity index (χ4v) is 4.16. The molecule has 7 heteroatoms. The molecular formula is C25H21N7. The Balaban J connectivity index is 1.48. The molecule has 7 nitrogen and oxygen atoms in total. The molecule has 0 aliphatic heterocycles. The van der Waals surface area contributed by atoms with Crippen molar-refractivity contribution in [2.75, 3.05) is 19.0 Å². The lowest BCUT2D eigenvalue weighted by Crippen LogP contribution is -2.08. The quantitative estimate of drug-likeness (QED) is 0.429. The van der Waals surface area contributed by atoms with Crippen LogP contribution in [0.4, 0.5) is 5.69 Å². The van der Waals surface area contributed by atoms with Gasteiger partial charge in [-0.2, -0.15) is 5.10 Å². The Morgan fingerprint density at radius 1 is 0.906 bits per heavy atom. The Kier molecular flexibility index (Phi) is 4.14. The van der Waals surface area contributed by atoms with E-state index in [1.165, 1.54) is 5.57 Å². The van der Waals surface area contributed by atoms with Crippen LogP contribution in [0.15, 0.2) is 67.4 Å². The molecule has 0 saturated carbocycles. The number of pyridine rings is 3. The molecule has 0 spiro atoms. The van der Waals surface area contributed by atoms with Crippen molar-refractivity contribution in [2.45, 2.75) is 6.42 Å². The second-order valence-electron chi connectivity index (χ2n) is 8.14. The first kappa shape index (κ1) is 18.5.